The first-order chi connectivity index (χ1) is 15.6. The molecule has 0 spiro atoms. The van der Waals surface area contributed by atoms with Crippen LogP contribution in [0, 0.1) is 0 Å². The fourth-order valence-corrected chi connectivity index (χ4v) is 4.50. The Morgan fingerprint density at radius 3 is 2.56 bits per heavy atom. The minimum Gasteiger partial charge on any atom is -0.480 e. The molecule has 2 aliphatic heterocycles. The van der Waals surface area contributed by atoms with Gasteiger partial charge in [-0.3, -0.25) is 4.79 Å². The number of benzene rings is 1. The Bertz CT molecular complexity index is 1130. The van der Waals surface area contributed by atoms with Crippen LogP contribution < -0.4 is 4.74 Å². The zero-order valence-corrected chi connectivity index (χ0v) is 17.9. The Kier molecular flexibility index (Phi) is 5.54. The summed E-state index contributed by atoms with van der Waals surface area (Å²) in [6.07, 6.45) is 5.51. The van der Waals surface area contributed by atoms with E-state index in [2.05, 4.69) is 23.0 Å². The van der Waals surface area contributed by atoms with Gasteiger partial charge >= 0.3 is 12.0 Å². The molecule has 4 atom stereocenters. The van der Waals surface area contributed by atoms with E-state index >= 15 is 0 Å². The number of methoxy groups -OCH3 is 1. The number of hydrogen-bond acceptors (Lipinski definition) is 7. The second kappa shape index (κ2) is 8.50. The number of nitrogens with zero attached hydrogens (tertiary/aromatic N) is 3. The van der Waals surface area contributed by atoms with E-state index in [-0.39, 0.29) is 37.0 Å². The molecule has 2 aliphatic rings. The summed E-state index contributed by atoms with van der Waals surface area (Å²) < 4.78 is 24.6. The Hall–Kier alpha value is -3.01. The molecule has 0 aliphatic carbocycles. The summed E-state index contributed by atoms with van der Waals surface area (Å²) in [5, 5.41) is 10.2. The van der Waals surface area contributed by atoms with Crippen LogP contribution in [0.1, 0.15) is 12.5 Å². The molecule has 1 N–H and O–H groups in total. The van der Waals surface area contributed by atoms with E-state index in [1.807, 2.05) is 18.3 Å². The maximum Gasteiger partial charge on any atom is 0.323 e. The van der Waals surface area contributed by atoms with Crippen LogP contribution in [0.25, 0.3) is 22.0 Å². The Labute approximate surface area is 184 Å². The Morgan fingerprint density at radius 1 is 1.16 bits per heavy atom. The van der Waals surface area contributed by atoms with Crippen LogP contribution in [0.3, 0.4) is 0 Å². The van der Waals surface area contributed by atoms with Gasteiger partial charge in [0.25, 0.3) is 0 Å². The molecule has 168 valence electrons. The van der Waals surface area contributed by atoms with Crippen LogP contribution in [0.4, 0.5) is 0 Å². The van der Waals surface area contributed by atoms with E-state index in [9.17, 15) is 9.90 Å². The summed E-state index contributed by atoms with van der Waals surface area (Å²) in [7, 11) is 1.65. The zero-order chi connectivity index (χ0) is 22.2. The van der Waals surface area contributed by atoms with E-state index < -0.39 is 5.97 Å². The molecule has 2 aromatic heterocycles. The molecular weight excluding hydrogens is 414 g/mol. The highest BCUT2D eigenvalue weighted by Crippen LogP contribution is 2.31. The molecule has 3 aromatic rings. The number of aryl methyl sites for hydroxylation is 1. The van der Waals surface area contributed by atoms with Gasteiger partial charge in [0.05, 0.1) is 13.2 Å². The second-order valence-electron chi connectivity index (χ2n) is 8.04. The van der Waals surface area contributed by atoms with Gasteiger partial charge < -0.3 is 28.6 Å². The summed E-state index contributed by atoms with van der Waals surface area (Å²) >= 11 is 0. The largest absolute Gasteiger partial charge is 0.480 e. The maximum absolute atomic E-state index is 11.2. The lowest BCUT2D eigenvalue weighted by Gasteiger charge is -2.16. The number of carboxylic acid groups (broad SMARTS) is 1. The Balaban J connectivity index is 1.34. The van der Waals surface area contributed by atoms with Crippen LogP contribution >= 0.6 is 0 Å². The van der Waals surface area contributed by atoms with Gasteiger partial charge in [0.1, 0.15) is 24.9 Å². The van der Waals surface area contributed by atoms with Crippen molar-refractivity contribution < 1.29 is 28.8 Å². The number of aromatic nitrogens is 3. The Morgan fingerprint density at radius 2 is 1.88 bits per heavy atom. The molecule has 9 heteroatoms. The fraction of sp³-hybridized carbons (Fsp3) is 0.435. The van der Waals surface area contributed by atoms with E-state index in [0.717, 1.165) is 34.0 Å². The third kappa shape index (κ3) is 3.72. The fourth-order valence-electron chi connectivity index (χ4n) is 4.50. The van der Waals surface area contributed by atoms with E-state index in [0.29, 0.717) is 13.2 Å². The predicted octanol–water partition coefficient (Wildman–Crippen LogP) is 2.31. The van der Waals surface area contributed by atoms with Crippen molar-refractivity contribution >= 4 is 16.9 Å². The molecule has 0 amide bonds. The number of aliphatic carboxylic acids is 1. The van der Waals surface area contributed by atoms with Crippen molar-refractivity contribution in [2.24, 2.45) is 0 Å². The summed E-state index contributed by atoms with van der Waals surface area (Å²) in [5.41, 5.74) is 3.81. The topological polar surface area (TPSA) is 105 Å². The lowest BCUT2D eigenvalue weighted by Crippen LogP contribution is -2.35. The summed E-state index contributed by atoms with van der Waals surface area (Å²) in [4.78, 5) is 19.9. The molecule has 1 aromatic carbocycles. The minimum atomic E-state index is -0.864. The zero-order valence-electron chi connectivity index (χ0n) is 17.9. The SMILES string of the molecule is CCc1cn(CC(=O)O)c2ccc(-c3cnc(O[C@@H]4CO[C@H]5[C@@H]4OC[C@H]5OC)nc3)cc12. The van der Waals surface area contributed by atoms with Crippen molar-refractivity contribution in [1.29, 1.82) is 0 Å². The van der Waals surface area contributed by atoms with Crippen LogP contribution in [0.2, 0.25) is 0 Å². The smallest absolute Gasteiger partial charge is 0.323 e. The average Bonchev–Trinajstić information content (AvgIpc) is 3.48. The quantitative estimate of drug-likeness (QED) is 0.598. The van der Waals surface area contributed by atoms with E-state index in [4.69, 9.17) is 18.9 Å². The molecule has 0 saturated carbocycles. The highest BCUT2D eigenvalue weighted by atomic mass is 16.6. The van der Waals surface area contributed by atoms with Crippen LogP contribution in [0.15, 0.2) is 36.8 Å². The van der Waals surface area contributed by atoms with Gasteiger partial charge in [0.2, 0.25) is 0 Å². The van der Waals surface area contributed by atoms with Crippen LogP contribution in [-0.2, 0) is 32.0 Å². The van der Waals surface area contributed by atoms with Crippen molar-refractivity contribution in [2.75, 3.05) is 20.3 Å². The highest BCUT2D eigenvalue weighted by molar-refractivity contribution is 5.89. The molecule has 32 heavy (non-hydrogen) atoms. The number of carboxylic acids is 1. The summed E-state index contributed by atoms with van der Waals surface area (Å²) in [6, 6.07) is 6.22. The molecule has 0 bridgehead atoms. The van der Waals surface area contributed by atoms with E-state index in [1.54, 1.807) is 24.1 Å². The summed E-state index contributed by atoms with van der Waals surface area (Å²) in [5.74, 6) is -0.864. The lowest BCUT2D eigenvalue weighted by molar-refractivity contribution is -0.137. The van der Waals surface area contributed by atoms with Gasteiger partial charge in [-0.1, -0.05) is 13.0 Å². The summed E-state index contributed by atoms with van der Waals surface area (Å²) in [6.45, 7) is 2.89. The van der Waals surface area contributed by atoms with E-state index in [1.165, 1.54) is 0 Å². The van der Waals surface area contributed by atoms with Gasteiger partial charge in [-0.15, -0.1) is 0 Å². The molecular formula is C23H25N3O6. The molecule has 2 saturated heterocycles. The normalized spacial score (nSPS) is 24.7. The minimum absolute atomic E-state index is 0.0629. The van der Waals surface area contributed by atoms with Crippen molar-refractivity contribution in [3.05, 3.63) is 42.4 Å². The maximum atomic E-state index is 11.2. The number of fused-ring (bicyclic) bond motifs is 2. The average molecular weight is 439 g/mol. The second-order valence-corrected chi connectivity index (χ2v) is 8.04. The van der Waals surface area contributed by atoms with Crippen LogP contribution in [-0.4, -0.2) is 70.4 Å². The van der Waals surface area contributed by atoms with Gasteiger partial charge in [0, 0.05) is 42.2 Å². The van der Waals surface area contributed by atoms with Crippen molar-refractivity contribution in [2.45, 2.75) is 44.3 Å². The van der Waals surface area contributed by atoms with Crippen molar-refractivity contribution in [3.63, 3.8) is 0 Å². The van der Waals surface area contributed by atoms with Gasteiger partial charge in [-0.05, 0) is 29.7 Å². The van der Waals surface area contributed by atoms with Crippen LogP contribution in [0.5, 0.6) is 6.01 Å². The first kappa shape index (κ1) is 20.9. The highest BCUT2D eigenvalue weighted by Gasteiger charge is 2.49. The monoisotopic (exact) mass is 439 g/mol. The number of carbonyl (C=O) groups is 1. The van der Waals surface area contributed by atoms with Gasteiger partial charge in [-0.25, -0.2) is 9.97 Å². The standard InChI is InChI=1S/C23H25N3O6/c1-3-13-9-26(10-20(27)28)17-5-4-14(6-16(13)17)15-7-24-23(25-8-15)32-19-12-31-21-18(29-2)11-30-22(19)21/h4-9,18-19,21-22H,3,10-12H2,1-2H3,(H,27,28)/t18-,19-,21-,22-/m1/s1. The molecule has 9 nitrogen and oxygen atoms in total. The molecule has 0 radical (unpaired) electrons. The lowest BCUT2D eigenvalue weighted by atomic mass is 10.0. The number of rotatable bonds is 7. The molecule has 5 rings (SSSR count). The first-order valence-corrected chi connectivity index (χ1v) is 10.7. The molecule has 4 heterocycles. The number of hydrogen-bond donors (Lipinski definition) is 1. The third-order valence-electron chi connectivity index (χ3n) is 6.13. The van der Waals surface area contributed by atoms with Gasteiger partial charge in [0.15, 0.2) is 6.10 Å². The molecule has 0 unspecified atom stereocenters. The van der Waals surface area contributed by atoms with Gasteiger partial charge in [-0.2, -0.15) is 0 Å². The van der Waals surface area contributed by atoms with Crippen molar-refractivity contribution in [3.8, 4) is 17.1 Å². The van der Waals surface area contributed by atoms with Crippen molar-refractivity contribution in [1.82, 2.24) is 14.5 Å². The number of ether oxygens (including phenoxy) is 4. The molecule has 2 fully saturated rings. The first-order valence-electron chi connectivity index (χ1n) is 10.7. The predicted molar refractivity (Wildman–Crippen MR) is 115 cm³/mol. The third-order valence-corrected chi connectivity index (χ3v) is 6.13.